The van der Waals surface area contributed by atoms with Gasteiger partial charge in [-0.25, -0.2) is 8.42 Å². The smallest absolute Gasteiger partial charge is 0.222 e. The molecule has 166 valence electrons. The van der Waals surface area contributed by atoms with Crippen molar-refractivity contribution in [3.05, 3.63) is 35.4 Å². The fourth-order valence-electron chi connectivity index (χ4n) is 3.88. The van der Waals surface area contributed by atoms with Crippen molar-refractivity contribution in [3.63, 3.8) is 0 Å². The summed E-state index contributed by atoms with van der Waals surface area (Å²) in [5.41, 5.74) is 2.39. The summed E-state index contributed by atoms with van der Waals surface area (Å²) in [5.74, 6) is 0.811. The number of hydrogen-bond acceptors (Lipinski definition) is 5. The standard InChI is InChI=1S/C21H32N4O4S/c1-3-22-21(23-10-8-20(26)24-17-9-13-30(27,28)15-17)25-11-12-29-19(14-25)18-7-5-4-6-16(18)2/h4-7,17,19H,3,8-15H2,1-2H3,(H,22,23)(H,24,26). The molecule has 30 heavy (non-hydrogen) atoms. The van der Waals surface area contributed by atoms with E-state index in [4.69, 9.17) is 4.74 Å². The van der Waals surface area contributed by atoms with Gasteiger partial charge in [-0.2, -0.15) is 0 Å². The molecule has 0 spiro atoms. The van der Waals surface area contributed by atoms with Gasteiger partial charge in [-0.1, -0.05) is 24.3 Å². The number of benzene rings is 1. The van der Waals surface area contributed by atoms with Gasteiger partial charge >= 0.3 is 0 Å². The first kappa shape index (κ1) is 22.6. The lowest BCUT2D eigenvalue weighted by Crippen LogP contribution is -2.48. The van der Waals surface area contributed by atoms with Crippen LogP contribution in [0.25, 0.3) is 0 Å². The van der Waals surface area contributed by atoms with Crippen molar-refractivity contribution < 1.29 is 17.9 Å². The van der Waals surface area contributed by atoms with E-state index in [1.807, 2.05) is 19.1 Å². The first-order valence-corrected chi connectivity index (χ1v) is 12.4. The van der Waals surface area contributed by atoms with Crippen molar-refractivity contribution in [2.45, 2.75) is 38.8 Å². The molecule has 2 aliphatic rings. The van der Waals surface area contributed by atoms with Crippen LogP contribution in [0, 0.1) is 6.92 Å². The molecule has 2 aliphatic heterocycles. The van der Waals surface area contributed by atoms with E-state index in [1.165, 1.54) is 11.1 Å². The summed E-state index contributed by atoms with van der Waals surface area (Å²) in [6.45, 7) is 7.23. The molecule has 1 aromatic carbocycles. The Kier molecular flexibility index (Phi) is 7.71. The Morgan fingerprint density at radius 2 is 2.13 bits per heavy atom. The van der Waals surface area contributed by atoms with Crippen molar-refractivity contribution in [1.29, 1.82) is 0 Å². The Labute approximate surface area is 179 Å². The molecule has 0 radical (unpaired) electrons. The number of amides is 1. The normalized spacial score (nSPS) is 23.9. The molecule has 2 fully saturated rings. The summed E-state index contributed by atoms with van der Waals surface area (Å²) < 4.78 is 29.1. The van der Waals surface area contributed by atoms with Crippen LogP contribution in [0.5, 0.6) is 0 Å². The molecule has 2 atom stereocenters. The van der Waals surface area contributed by atoms with Gasteiger partial charge in [0, 0.05) is 25.6 Å². The molecule has 3 rings (SSSR count). The lowest BCUT2D eigenvalue weighted by molar-refractivity contribution is -0.121. The summed E-state index contributed by atoms with van der Waals surface area (Å²) >= 11 is 0. The SMILES string of the molecule is CCNC(=NCCC(=O)NC1CCS(=O)(=O)C1)N1CCOC(c2ccccc2C)C1. The number of morpholine rings is 1. The number of hydrogen-bond donors (Lipinski definition) is 2. The van der Waals surface area contributed by atoms with Crippen LogP contribution in [-0.4, -0.2) is 75.5 Å². The summed E-state index contributed by atoms with van der Waals surface area (Å²) in [6, 6.07) is 7.97. The van der Waals surface area contributed by atoms with E-state index in [0.717, 1.165) is 19.0 Å². The first-order chi connectivity index (χ1) is 14.4. The fraction of sp³-hybridized carbons (Fsp3) is 0.619. The third-order valence-corrected chi connectivity index (χ3v) is 7.20. The van der Waals surface area contributed by atoms with E-state index < -0.39 is 9.84 Å². The molecule has 1 amide bonds. The quantitative estimate of drug-likeness (QED) is 0.510. The third-order valence-electron chi connectivity index (χ3n) is 5.43. The van der Waals surface area contributed by atoms with Gasteiger partial charge in [0.05, 0.1) is 31.2 Å². The summed E-state index contributed by atoms with van der Waals surface area (Å²) in [7, 11) is -3.00. The zero-order valence-electron chi connectivity index (χ0n) is 17.8. The molecule has 8 nitrogen and oxygen atoms in total. The van der Waals surface area contributed by atoms with Gasteiger partial charge in [0.2, 0.25) is 5.91 Å². The summed E-state index contributed by atoms with van der Waals surface area (Å²) in [6.07, 6.45) is 0.710. The van der Waals surface area contributed by atoms with Crippen LogP contribution in [0.4, 0.5) is 0 Å². The van der Waals surface area contributed by atoms with Gasteiger partial charge in [-0.05, 0) is 31.4 Å². The molecular formula is C21H32N4O4S. The van der Waals surface area contributed by atoms with E-state index in [-0.39, 0.29) is 36.0 Å². The minimum atomic E-state index is -3.00. The van der Waals surface area contributed by atoms with Crippen molar-refractivity contribution in [2.24, 2.45) is 4.99 Å². The molecule has 0 aromatic heterocycles. The van der Waals surface area contributed by atoms with E-state index in [1.54, 1.807) is 0 Å². The van der Waals surface area contributed by atoms with Crippen LogP contribution in [0.2, 0.25) is 0 Å². The van der Waals surface area contributed by atoms with Crippen molar-refractivity contribution in [2.75, 3.05) is 44.3 Å². The minimum absolute atomic E-state index is 0.0172. The molecular weight excluding hydrogens is 404 g/mol. The second-order valence-corrected chi connectivity index (χ2v) is 10.0. The highest BCUT2D eigenvalue weighted by Crippen LogP contribution is 2.25. The minimum Gasteiger partial charge on any atom is -0.370 e. The second-order valence-electron chi connectivity index (χ2n) is 7.82. The maximum absolute atomic E-state index is 12.2. The molecule has 0 bridgehead atoms. The first-order valence-electron chi connectivity index (χ1n) is 10.6. The molecule has 1 aromatic rings. The number of ether oxygens (including phenoxy) is 1. The van der Waals surface area contributed by atoms with Gasteiger partial charge in [0.25, 0.3) is 0 Å². The largest absolute Gasteiger partial charge is 0.370 e. The number of carbonyl (C=O) groups is 1. The van der Waals surface area contributed by atoms with Crippen molar-refractivity contribution in [1.82, 2.24) is 15.5 Å². The Bertz CT molecular complexity index is 872. The van der Waals surface area contributed by atoms with Gasteiger partial charge in [-0.15, -0.1) is 0 Å². The van der Waals surface area contributed by atoms with Crippen LogP contribution in [0.3, 0.4) is 0 Å². The van der Waals surface area contributed by atoms with Crippen LogP contribution in [-0.2, 0) is 19.4 Å². The highest BCUT2D eigenvalue weighted by atomic mass is 32.2. The number of aryl methyl sites for hydroxylation is 1. The highest BCUT2D eigenvalue weighted by Gasteiger charge is 2.29. The molecule has 0 aliphatic carbocycles. The van der Waals surface area contributed by atoms with Gasteiger partial charge in [-0.3, -0.25) is 9.79 Å². The third kappa shape index (κ3) is 6.18. The number of sulfone groups is 1. The average Bonchev–Trinajstić information content (AvgIpc) is 3.06. The number of rotatable bonds is 6. The predicted molar refractivity (Wildman–Crippen MR) is 117 cm³/mol. The Hall–Kier alpha value is -2.13. The van der Waals surface area contributed by atoms with Crippen LogP contribution in [0.15, 0.2) is 29.3 Å². The lowest BCUT2D eigenvalue weighted by Gasteiger charge is -2.35. The summed E-state index contributed by atoms with van der Waals surface area (Å²) in [5, 5.41) is 6.12. The zero-order valence-corrected chi connectivity index (χ0v) is 18.6. The number of aliphatic imine (C=N–C) groups is 1. The van der Waals surface area contributed by atoms with Gasteiger partial charge in [0.15, 0.2) is 15.8 Å². The molecule has 2 saturated heterocycles. The zero-order chi connectivity index (χ0) is 21.6. The predicted octanol–water partition coefficient (Wildman–Crippen LogP) is 1.03. The van der Waals surface area contributed by atoms with Gasteiger partial charge in [0.1, 0.15) is 6.10 Å². The van der Waals surface area contributed by atoms with Crippen LogP contribution < -0.4 is 10.6 Å². The number of carbonyl (C=O) groups excluding carboxylic acids is 1. The van der Waals surface area contributed by atoms with E-state index in [2.05, 4.69) is 39.6 Å². The fourth-order valence-corrected chi connectivity index (χ4v) is 5.55. The lowest BCUT2D eigenvalue weighted by atomic mass is 10.0. The van der Waals surface area contributed by atoms with Gasteiger partial charge < -0.3 is 20.3 Å². The second kappa shape index (κ2) is 10.3. The van der Waals surface area contributed by atoms with Crippen molar-refractivity contribution in [3.8, 4) is 0 Å². The number of guanidine groups is 1. The Balaban J connectivity index is 1.55. The Morgan fingerprint density at radius 1 is 1.33 bits per heavy atom. The van der Waals surface area contributed by atoms with Crippen molar-refractivity contribution >= 4 is 21.7 Å². The van der Waals surface area contributed by atoms with Crippen LogP contribution in [0.1, 0.15) is 37.0 Å². The van der Waals surface area contributed by atoms with E-state index in [9.17, 15) is 13.2 Å². The maximum Gasteiger partial charge on any atom is 0.222 e. The monoisotopic (exact) mass is 436 g/mol. The molecule has 2 unspecified atom stereocenters. The highest BCUT2D eigenvalue weighted by molar-refractivity contribution is 7.91. The number of nitrogens with zero attached hydrogens (tertiary/aromatic N) is 2. The molecule has 9 heteroatoms. The molecule has 2 N–H and O–H groups in total. The van der Waals surface area contributed by atoms with Crippen LogP contribution >= 0.6 is 0 Å². The average molecular weight is 437 g/mol. The van der Waals surface area contributed by atoms with E-state index in [0.29, 0.717) is 26.1 Å². The Morgan fingerprint density at radius 3 is 2.83 bits per heavy atom. The molecule has 0 saturated carbocycles. The topological polar surface area (TPSA) is 100 Å². The molecule has 2 heterocycles. The summed E-state index contributed by atoms with van der Waals surface area (Å²) in [4.78, 5) is 19.0. The number of nitrogens with one attached hydrogen (secondary N) is 2. The van der Waals surface area contributed by atoms with E-state index >= 15 is 0 Å². The maximum atomic E-state index is 12.2.